The summed E-state index contributed by atoms with van der Waals surface area (Å²) in [6.45, 7) is 1.18. The van der Waals surface area contributed by atoms with Crippen LogP contribution in [0.5, 0.6) is 17.2 Å². The van der Waals surface area contributed by atoms with Crippen molar-refractivity contribution in [3.8, 4) is 17.2 Å². The highest BCUT2D eigenvalue weighted by atomic mass is 32.2. The largest absolute Gasteiger partial charge is 0.492 e. The van der Waals surface area contributed by atoms with E-state index in [9.17, 15) is 4.79 Å². The molecule has 3 aromatic carbocycles. The molecule has 28 heavy (non-hydrogen) atoms. The van der Waals surface area contributed by atoms with Crippen LogP contribution in [0.2, 0.25) is 0 Å². The molecule has 0 radical (unpaired) electrons. The van der Waals surface area contributed by atoms with Crippen molar-refractivity contribution in [3.05, 3.63) is 78.4 Å². The van der Waals surface area contributed by atoms with E-state index in [2.05, 4.69) is 4.90 Å². The van der Waals surface area contributed by atoms with Gasteiger partial charge in [-0.05, 0) is 53.7 Å². The minimum absolute atomic E-state index is 0.441. The maximum absolute atomic E-state index is 10.6. The summed E-state index contributed by atoms with van der Waals surface area (Å²) in [5.74, 6) is 2.87. The van der Waals surface area contributed by atoms with Crippen molar-refractivity contribution in [2.45, 2.75) is 5.75 Å². The molecule has 0 amide bonds. The second-order valence-corrected chi connectivity index (χ2v) is 7.16. The number of rotatable bonds is 6. The van der Waals surface area contributed by atoms with Crippen LogP contribution in [0.25, 0.3) is 0 Å². The number of para-hydroxylation sites is 4. The van der Waals surface area contributed by atoms with E-state index in [-0.39, 0.29) is 0 Å². The summed E-state index contributed by atoms with van der Waals surface area (Å²) in [5, 5.41) is 7.86. The molecule has 0 bridgehead atoms. The molecule has 0 saturated heterocycles. The third-order valence-corrected chi connectivity index (χ3v) is 5.13. The fraction of sp³-hybridized carbons (Fsp3) is 0.136. The van der Waals surface area contributed by atoms with Gasteiger partial charge in [0, 0.05) is 5.75 Å². The number of anilines is 2. The number of hydrogen-bond acceptors (Lipinski definition) is 5. The van der Waals surface area contributed by atoms with Gasteiger partial charge in [-0.25, -0.2) is 4.79 Å². The lowest BCUT2D eigenvalue weighted by Gasteiger charge is -2.32. The lowest BCUT2D eigenvalue weighted by atomic mass is 10.1. The third-order valence-electron chi connectivity index (χ3n) is 4.40. The molecule has 4 rings (SSSR count). The highest BCUT2D eigenvalue weighted by Gasteiger charge is 2.23. The molecule has 0 saturated carbocycles. The molecule has 1 N–H and O–H groups in total. The predicted molar refractivity (Wildman–Crippen MR) is 111 cm³/mol. The summed E-state index contributed by atoms with van der Waals surface area (Å²) in [5.41, 5.74) is 2.99. The van der Waals surface area contributed by atoms with Gasteiger partial charge in [-0.3, -0.25) is 0 Å². The Morgan fingerprint density at radius 2 is 1.54 bits per heavy atom. The maximum Gasteiger partial charge on any atom is 0.365 e. The zero-order valence-corrected chi connectivity index (χ0v) is 15.9. The Morgan fingerprint density at radius 3 is 2.14 bits per heavy atom. The minimum Gasteiger partial charge on any atom is -0.492 e. The van der Waals surface area contributed by atoms with Gasteiger partial charge in [0.15, 0.2) is 11.5 Å². The zero-order valence-electron chi connectivity index (χ0n) is 15.1. The van der Waals surface area contributed by atoms with Crippen LogP contribution in [0.3, 0.4) is 0 Å². The summed E-state index contributed by atoms with van der Waals surface area (Å²) in [6, 6.07) is 23.5. The Kier molecular flexibility index (Phi) is 5.39. The third kappa shape index (κ3) is 4.07. The minimum atomic E-state index is -0.869. The smallest absolute Gasteiger partial charge is 0.365 e. The molecule has 6 heteroatoms. The van der Waals surface area contributed by atoms with E-state index in [4.69, 9.17) is 14.6 Å². The second kappa shape index (κ2) is 8.27. The molecule has 0 fully saturated rings. The molecule has 3 aromatic rings. The summed E-state index contributed by atoms with van der Waals surface area (Å²) in [6.07, 6.45) is 0. The molecular weight excluding hydrogens is 374 g/mol. The Balaban J connectivity index is 1.42. The number of hydrogen-bond donors (Lipinski definition) is 1. The number of ether oxygens (including phenoxy) is 2. The van der Waals surface area contributed by atoms with Gasteiger partial charge in [-0.2, -0.15) is 0 Å². The quantitative estimate of drug-likeness (QED) is 0.561. The van der Waals surface area contributed by atoms with Crippen molar-refractivity contribution >= 4 is 28.4 Å². The van der Waals surface area contributed by atoms with Crippen molar-refractivity contribution in [3.63, 3.8) is 0 Å². The van der Waals surface area contributed by atoms with Crippen LogP contribution < -0.4 is 14.4 Å². The van der Waals surface area contributed by atoms with E-state index >= 15 is 0 Å². The molecule has 142 valence electrons. The number of nitrogens with zero attached hydrogens (tertiary/aromatic N) is 1. The Hall–Kier alpha value is -3.12. The van der Waals surface area contributed by atoms with Crippen LogP contribution in [0.1, 0.15) is 5.56 Å². The fourth-order valence-electron chi connectivity index (χ4n) is 3.10. The number of benzene rings is 3. The van der Waals surface area contributed by atoms with Crippen LogP contribution in [-0.2, 0) is 5.75 Å². The van der Waals surface area contributed by atoms with Gasteiger partial charge in [0.2, 0.25) is 0 Å². The molecule has 1 aliphatic heterocycles. The summed E-state index contributed by atoms with van der Waals surface area (Å²) >= 11 is 0.871. The van der Waals surface area contributed by atoms with Crippen molar-refractivity contribution in [1.29, 1.82) is 0 Å². The van der Waals surface area contributed by atoms with Gasteiger partial charge in [0.05, 0.1) is 17.9 Å². The standard InChI is InChI=1S/C22H19NO4S/c24-22(25)28-15-16-9-11-17(12-10-16)26-14-13-23-18-5-1-3-7-20(18)27-21-8-4-2-6-19(21)23/h1-12H,13-15H2,(H,24,25). The number of fused-ring (bicyclic) bond motifs is 2. The van der Waals surface area contributed by atoms with Crippen LogP contribution in [0.15, 0.2) is 72.8 Å². The normalized spacial score (nSPS) is 11.9. The van der Waals surface area contributed by atoms with Gasteiger partial charge >= 0.3 is 5.30 Å². The van der Waals surface area contributed by atoms with Crippen molar-refractivity contribution in [2.24, 2.45) is 0 Å². The highest BCUT2D eigenvalue weighted by molar-refractivity contribution is 8.12. The Morgan fingerprint density at radius 1 is 0.929 bits per heavy atom. The average Bonchev–Trinajstić information content (AvgIpc) is 2.72. The van der Waals surface area contributed by atoms with Crippen LogP contribution in [0, 0.1) is 0 Å². The molecular formula is C22H19NO4S. The van der Waals surface area contributed by atoms with Crippen molar-refractivity contribution < 1.29 is 19.4 Å². The highest BCUT2D eigenvalue weighted by Crippen LogP contribution is 2.45. The zero-order chi connectivity index (χ0) is 19.3. The van der Waals surface area contributed by atoms with Gasteiger partial charge in [-0.15, -0.1) is 0 Å². The first kappa shape index (κ1) is 18.3. The summed E-state index contributed by atoms with van der Waals surface area (Å²) in [4.78, 5) is 12.8. The maximum atomic E-state index is 10.6. The van der Waals surface area contributed by atoms with Gasteiger partial charge in [-0.1, -0.05) is 36.4 Å². The summed E-state index contributed by atoms with van der Waals surface area (Å²) < 4.78 is 11.9. The Labute approximate surface area is 167 Å². The van der Waals surface area contributed by atoms with E-state index in [0.717, 1.165) is 45.9 Å². The number of carbonyl (C=O) groups is 1. The predicted octanol–water partition coefficient (Wildman–Crippen LogP) is 5.92. The van der Waals surface area contributed by atoms with E-state index in [1.807, 2.05) is 72.8 Å². The fourth-order valence-corrected chi connectivity index (χ4v) is 3.59. The number of thioether (sulfide) groups is 1. The molecule has 0 aromatic heterocycles. The van der Waals surface area contributed by atoms with Crippen LogP contribution in [-0.4, -0.2) is 23.6 Å². The first-order valence-electron chi connectivity index (χ1n) is 8.91. The summed E-state index contributed by atoms with van der Waals surface area (Å²) in [7, 11) is 0. The van der Waals surface area contributed by atoms with E-state index in [1.165, 1.54) is 0 Å². The first-order chi connectivity index (χ1) is 13.7. The molecule has 0 spiro atoms. The van der Waals surface area contributed by atoms with Crippen LogP contribution in [0.4, 0.5) is 16.2 Å². The lowest BCUT2D eigenvalue weighted by Crippen LogP contribution is -2.26. The van der Waals surface area contributed by atoms with E-state index in [0.29, 0.717) is 18.9 Å². The second-order valence-electron chi connectivity index (χ2n) is 6.24. The van der Waals surface area contributed by atoms with E-state index in [1.54, 1.807) is 0 Å². The van der Waals surface area contributed by atoms with Gasteiger partial charge < -0.3 is 19.5 Å². The average molecular weight is 393 g/mol. The van der Waals surface area contributed by atoms with Gasteiger partial charge in [0.25, 0.3) is 0 Å². The lowest BCUT2D eigenvalue weighted by molar-refractivity contribution is 0.222. The monoisotopic (exact) mass is 393 g/mol. The first-order valence-corrected chi connectivity index (χ1v) is 9.90. The SMILES string of the molecule is O=C(O)SCc1ccc(OCCN2c3ccccc3Oc3ccccc32)cc1. The van der Waals surface area contributed by atoms with Crippen molar-refractivity contribution in [2.75, 3.05) is 18.1 Å². The van der Waals surface area contributed by atoms with E-state index < -0.39 is 5.30 Å². The molecule has 5 nitrogen and oxygen atoms in total. The number of carboxylic acid groups (broad SMARTS) is 1. The molecule has 0 atom stereocenters. The molecule has 0 aliphatic carbocycles. The molecule has 1 aliphatic rings. The topological polar surface area (TPSA) is 59.0 Å². The molecule has 0 unspecified atom stereocenters. The van der Waals surface area contributed by atoms with Gasteiger partial charge in [0.1, 0.15) is 12.4 Å². The molecule has 1 heterocycles. The Bertz CT molecular complexity index is 929. The van der Waals surface area contributed by atoms with Crippen molar-refractivity contribution in [1.82, 2.24) is 0 Å². The van der Waals surface area contributed by atoms with Crippen LogP contribution >= 0.6 is 11.8 Å².